The van der Waals surface area contributed by atoms with Crippen LogP contribution in [0, 0.1) is 0 Å². The number of hydrogen-bond acceptors (Lipinski definition) is 5. The van der Waals surface area contributed by atoms with Gasteiger partial charge in [-0.15, -0.1) is 0 Å². The summed E-state index contributed by atoms with van der Waals surface area (Å²) in [6, 6.07) is 19.7. The summed E-state index contributed by atoms with van der Waals surface area (Å²) in [5.74, 6) is -0.202. The average Bonchev–Trinajstić information content (AvgIpc) is 3.26. The highest BCUT2D eigenvalue weighted by atomic mass is 16.6. The van der Waals surface area contributed by atoms with Gasteiger partial charge in [0.25, 0.3) is 11.8 Å². The molecule has 7 heteroatoms. The van der Waals surface area contributed by atoms with Crippen molar-refractivity contribution in [3.8, 4) is 0 Å². The summed E-state index contributed by atoms with van der Waals surface area (Å²) in [5, 5.41) is 9.28. The molecular weight excluding hydrogens is 370 g/mol. The Bertz CT molecular complexity index is 969. The topological polar surface area (TPSA) is 92.9 Å². The normalized spacial score (nSPS) is 11.8. The van der Waals surface area contributed by atoms with Crippen molar-refractivity contribution in [2.45, 2.75) is 13.0 Å². The van der Waals surface area contributed by atoms with Crippen molar-refractivity contribution >= 4 is 23.7 Å². The van der Waals surface area contributed by atoms with Crippen LogP contribution in [0.1, 0.15) is 34.6 Å². The predicted octanol–water partition coefficient (Wildman–Crippen LogP) is 3.76. The number of hydrogen-bond donors (Lipinski definition) is 2. The SMILES string of the molecule is C[C@@H](NC(=O)c1ccccc1NC(=O)CO/N=C\c1ccco1)c1ccccc1. The van der Waals surface area contributed by atoms with E-state index >= 15 is 0 Å². The molecule has 0 radical (unpaired) electrons. The third-order valence-electron chi connectivity index (χ3n) is 4.09. The zero-order chi connectivity index (χ0) is 20.5. The molecule has 2 amide bonds. The molecule has 0 aliphatic heterocycles. The van der Waals surface area contributed by atoms with Gasteiger partial charge in [0.1, 0.15) is 12.0 Å². The molecule has 0 unspecified atom stereocenters. The second-order valence-corrected chi connectivity index (χ2v) is 6.22. The van der Waals surface area contributed by atoms with Crippen molar-refractivity contribution in [2.75, 3.05) is 11.9 Å². The quantitative estimate of drug-likeness (QED) is 0.452. The number of furan rings is 1. The molecular formula is C22H21N3O4. The maximum Gasteiger partial charge on any atom is 0.265 e. The van der Waals surface area contributed by atoms with Crippen molar-refractivity contribution in [1.29, 1.82) is 0 Å². The number of nitrogens with zero attached hydrogens (tertiary/aromatic N) is 1. The first-order chi connectivity index (χ1) is 14.1. The van der Waals surface area contributed by atoms with E-state index in [0.717, 1.165) is 5.56 Å². The minimum absolute atomic E-state index is 0.174. The summed E-state index contributed by atoms with van der Waals surface area (Å²) < 4.78 is 5.07. The average molecular weight is 391 g/mol. The Balaban J connectivity index is 1.57. The van der Waals surface area contributed by atoms with Crippen LogP contribution in [-0.4, -0.2) is 24.6 Å². The molecule has 0 aliphatic rings. The largest absolute Gasteiger partial charge is 0.463 e. The molecule has 0 bridgehead atoms. The zero-order valence-electron chi connectivity index (χ0n) is 15.9. The summed E-state index contributed by atoms with van der Waals surface area (Å²) in [6.07, 6.45) is 2.87. The first-order valence-corrected chi connectivity index (χ1v) is 9.07. The van der Waals surface area contributed by atoms with Gasteiger partial charge in [0.05, 0.1) is 23.6 Å². The van der Waals surface area contributed by atoms with Crippen LogP contribution in [0.5, 0.6) is 0 Å². The van der Waals surface area contributed by atoms with Gasteiger partial charge < -0.3 is 19.9 Å². The van der Waals surface area contributed by atoms with E-state index in [1.807, 2.05) is 37.3 Å². The fourth-order valence-corrected chi connectivity index (χ4v) is 2.63. The van der Waals surface area contributed by atoms with Crippen LogP contribution in [0.2, 0.25) is 0 Å². The van der Waals surface area contributed by atoms with E-state index in [1.54, 1.807) is 36.4 Å². The minimum Gasteiger partial charge on any atom is -0.463 e. The van der Waals surface area contributed by atoms with Gasteiger partial charge in [-0.1, -0.05) is 47.6 Å². The molecule has 3 rings (SSSR count). The second-order valence-electron chi connectivity index (χ2n) is 6.22. The van der Waals surface area contributed by atoms with Crippen molar-refractivity contribution in [1.82, 2.24) is 5.32 Å². The molecule has 148 valence electrons. The molecule has 2 N–H and O–H groups in total. The van der Waals surface area contributed by atoms with Crippen molar-refractivity contribution < 1.29 is 18.8 Å². The predicted molar refractivity (Wildman–Crippen MR) is 110 cm³/mol. The Morgan fingerprint density at radius 1 is 1.07 bits per heavy atom. The molecule has 1 atom stereocenters. The number of rotatable bonds is 8. The van der Waals surface area contributed by atoms with Gasteiger partial charge in [0.2, 0.25) is 0 Å². The highest BCUT2D eigenvalue weighted by molar-refractivity contribution is 6.04. The number of para-hydroxylation sites is 1. The monoisotopic (exact) mass is 391 g/mol. The van der Waals surface area contributed by atoms with Crippen LogP contribution in [0.15, 0.2) is 82.6 Å². The molecule has 1 aromatic heterocycles. The van der Waals surface area contributed by atoms with Gasteiger partial charge in [0.15, 0.2) is 6.61 Å². The van der Waals surface area contributed by atoms with Gasteiger partial charge in [-0.05, 0) is 36.8 Å². The van der Waals surface area contributed by atoms with Crippen LogP contribution in [0.4, 0.5) is 5.69 Å². The van der Waals surface area contributed by atoms with E-state index in [-0.39, 0.29) is 18.6 Å². The zero-order valence-corrected chi connectivity index (χ0v) is 15.9. The van der Waals surface area contributed by atoms with Crippen molar-refractivity contribution in [3.05, 3.63) is 89.9 Å². The highest BCUT2D eigenvalue weighted by Gasteiger charge is 2.16. The number of carbonyl (C=O) groups excluding carboxylic acids is 2. The van der Waals surface area contributed by atoms with Crippen LogP contribution >= 0.6 is 0 Å². The Morgan fingerprint density at radius 3 is 2.59 bits per heavy atom. The van der Waals surface area contributed by atoms with E-state index in [0.29, 0.717) is 17.0 Å². The first kappa shape index (κ1) is 19.9. The van der Waals surface area contributed by atoms with E-state index in [2.05, 4.69) is 15.8 Å². The Labute approximate surface area is 168 Å². The lowest BCUT2D eigenvalue weighted by Gasteiger charge is -2.16. The smallest absolute Gasteiger partial charge is 0.265 e. The fourth-order valence-electron chi connectivity index (χ4n) is 2.63. The van der Waals surface area contributed by atoms with Gasteiger partial charge >= 0.3 is 0 Å². The Hall–Kier alpha value is -3.87. The molecule has 29 heavy (non-hydrogen) atoms. The molecule has 0 saturated carbocycles. The number of amides is 2. The number of carbonyl (C=O) groups is 2. The van der Waals surface area contributed by atoms with Crippen LogP contribution in [0.25, 0.3) is 0 Å². The Morgan fingerprint density at radius 2 is 1.83 bits per heavy atom. The van der Waals surface area contributed by atoms with E-state index in [9.17, 15) is 9.59 Å². The molecule has 0 spiro atoms. The number of oxime groups is 1. The third kappa shape index (κ3) is 5.80. The maximum atomic E-state index is 12.7. The summed E-state index contributed by atoms with van der Waals surface area (Å²) in [6.45, 7) is 1.60. The number of nitrogens with one attached hydrogen (secondary N) is 2. The molecule has 0 fully saturated rings. The van der Waals surface area contributed by atoms with Crippen LogP contribution in [-0.2, 0) is 9.63 Å². The van der Waals surface area contributed by atoms with Gasteiger partial charge in [0, 0.05) is 0 Å². The molecule has 0 saturated heterocycles. The molecule has 3 aromatic rings. The van der Waals surface area contributed by atoms with Gasteiger partial charge in [-0.2, -0.15) is 0 Å². The Kier molecular flexibility index (Phi) is 6.78. The highest BCUT2D eigenvalue weighted by Crippen LogP contribution is 2.18. The number of anilines is 1. The van der Waals surface area contributed by atoms with Crippen molar-refractivity contribution in [2.24, 2.45) is 5.16 Å². The molecule has 0 aliphatic carbocycles. The van der Waals surface area contributed by atoms with E-state index in [1.165, 1.54) is 12.5 Å². The maximum absolute atomic E-state index is 12.7. The number of benzene rings is 2. The van der Waals surface area contributed by atoms with Crippen molar-refractivity contribution in [3.63, 3.8) is 0 Å². The van der Waals surface area contributed by atoms with E-state index in [4.69, 9.17) is 9.25 Å². The summed E-state index contributed by atoms with van der Waals surface area (Å²) in [7, 11) is 0. The lowest BCUT2D eigenvalue weighted by molar-refractivity contribution is -0.120. The fraction of sp³-hybridized carbons (Fsp3) is 0.136. The van der Waals surface area contributed by atoms with E-state index < -0.39 is 5.91 Å². The van der Waals surface area contributed by atoms with Crippen LogP contribution in [0.3, 0.4) is 0 Å². The van der Waals surface area contributed by atoms with Crippen LogP contribution < -0.4 is 10.6 Å². The third-order valence-corrected chi connectivity index (χ3v) is 4.09. The first-order valence-electron chi connectivity index (χ1n) is 9.07. The second kappa shape index (κ2) is 9.89. The lowest BCUT2D eigenvalue weighted by atomic mass is 10.1. The molecule has 7 nitrogen and oxygen atoms in total. The van der Waals surface area contributed by atoms with Gasteiger partial charge in [-0.3, -0.25) is 9.59 Å². The lowest BCUT2D eigenvalue weighted by Crippen LogP contribution is -2.28. The summed E-state index contributed by atoms with van der Waals surface area (Å²) in [5.41, 5.74) is 1.75. The molecule has 2 aromatic carbocycles. The molecule has 1 heterocycles. The summed E-state index contributed by atoms with van der Waals surface area (Å²) in [4.78, 5) is 29.8. The summed E-state index contributed by atoms with van der Waals surface area (Å²) >= 11 is 0. The standard InChI is InChI=1S/C22H21N3O4/c1-16(17-8-3-2-4-9-17)24-22(27)19-11-5-6-12-20(19)25-21(26)15-29-23-14-18-10-7-13-28-18/h2-14,16H,15H2,1H3,(H,24,27)(H,25,26)/b23-14-/t16-/m1/s1. The minimum atomic E-state index is -0.432. The van der Waals surface area contributed by atoms with Gasteiger partial charge in [-0.25, -0.2) is 0 Å².